The van der Waals surface area contributed by atoms with E-state index in [1.54, 1.807) is 0 Å². The zero-order chi connectivity index (χ0) is 59.9. The number of esters is 3. The molecule has 0 bridgehead atoms. The molecule has 0 saturated carbocycles. The number of rotatable bonds is 61. The predicted octanol–water partition coefficient (Wildman–Crippen LogP) is 23.9. The molecule has 0 saturated heterocycles. The molecule has 6 heteroatoms. The molecule has 0 aliphatic rings. The minimum atomic E-state index is -0.820. The lowest BCUT2D eigenvalue weighted by atomic mass is 10.0. The molecule has 0 rings (SSSR count). The van der Waals surface area contributed by atoms with Crippen molar-refractivity contribution in [1.29, 1.82) is 0 Å². The Kier molecular flexibility index (Phi) is 65.8. The first-order chi connectivity index (χ1) is 41.0. The van der Waals surface area contributed by atoms with Gasteiger partial charge in [-0.05, 0) is 141 Å². The van der Waals surface area contributed by atoms with E-state index in [4.69, 9.17) is 14.2 Å². The van der Waals surface area contributed by atoms with Crippen molar-refractivity contribution in [2.75, 3.05) is 13.2 Å². The van der Waals surface area contributed by atoms with Crippen LogP contribution < -0.4 is 0 Å². The van der Waals surface area contributed by atoms with Crippen LogP contribution in [0.5, 0.6) is 0 Å². The number of carbonyl (C=O) groups is 3. The van der Waals surface area contributed by atoms with Crippen molar-refractivity contribution < 1.29 is 28.6 Å². The van der Waals surface area contributed by atoms with Crippen LogP contribution in [0.15, 0.2) is 146 Å². The lowest BCUT2D eigenvalue weighted by Crippen LogP contribution is -2.30. The molecule has 0 radical (unpaired) electrons. The minimum Gasteiger partial charge on any atom is -0.462 e. The van der Waals surface area contributed by atoms with Crippen LogP contribution in [0, 0.1) is 0 Å². The summed E-state index contributed by atoms with van der Waals surface area (Å²) in [5.41, 5.74) is 0. The fourth-order valence-corrected chi connectivity index (χ4v) is 9.23. The van der Waals surface area contributed by atoms with Gasteiger partial charge in [-0.3, -0.25) is 14.4 Å². The Balaban J connectivity index is 4.32. The van der Waals surface area contributed by atoms with Gasteiger partial charge in [0.25, 0.3) is 0 Å². The van der Waals surface area contributed by atoms with Crippen molar-refractivity contribution >= 4 is 17.9 Å². The van der Waals surface area contributed by atoms with Crippen molar-refractivity contribution in [2.24, 2.45) is 0 Å². The lowest BCUT2D eigenvalue weighted by molar-refractivity contribution is -0.167. The van der Waals surface area contributed by atoms with Crippen molar-refractivity contribution in [3.8, 4) is 0 Å². The quantitative estimate of drug-likeness (QED) is 0.0261. The van der Waals surface area contributed by atoms with Crippen LogP contribution in [-0.2, 0) is 28.6 Å². The van der Waals surface area contributed by atoms with Gasteiger partial charge < -0.3 is 14.2 Å². The fourth-order valence-electron chi connectivity index (χ4n) is 9.23. The summed E-state index contributed by atoms with van der Waals surface area (Å²) in [5, 5.41) is 0. The summed E-state index contributed by atoms with van der Waals surface area (Å²) in [6.07, 6.45) is 100. The highest BCUT2D eigenvalue weighted by molar-refractivity contribution is 5.71. The summed E-state index contributed by atoms with van der Waals surface area (Å²) < 4.78 is 16.9. The predicted molar refractivity (Wildman–Crippen MR) is 362 cm³/mol. The molecule has 1 unspecified atom stereocenters. The molecule has 0 amide bonds. The summed E-state index contributed by atoms with van der Waals surface area (Å²) in [6, 6.07) is 0. The molecule has 0 spiro atoms. The third-order valence-corrected chi connectivity index (χ3v) is 14.3. The monoisotopic (exact) mass is 1150 g/mol. The standard InChI is InChI=1S/C77H126O6/c1-4-7-10-13-16-19-22-25-27-29-31-33-34-35-36-37-38-39-40-41-42-44-45-47-49-52-55-58-61-64-67-70-76(79)82-73-74(72-81-75(78)69-66-63-60-57-54-51-24-21-18-15-12-9-6-3)83-77(80)71-68-65-62-59-56-53-50-48-46-43-32-30-28-26-23-20-17-14-11-8-5-2/h8-9,11-12,17-18,20-22,25-26,28-29,31-32,34-35,43,48,50-51,54,56,59,74H,4-7,10,13-16,19,23-24,27,30,33,36-42,44-47,49,52-53,55,57-58,60-73H2,1-3H3/b11-8-,12-9-,20-17-,21-18-,25-22-,28-26-,31-29-,35-34-,43-32-,50-48-,54-51-,59-56-. The highest BCUT2D eigenvalue weighted by Crippen LogP contribution is 2.16. The first-order valence-corrected chi connectivity index (χ1v) is 34.3. The summed E-state index contributed by atoms with van der Waals surface area (Å²) in [4.78, 5) is 38.3. The molecular weight excluding hydrogens is 1020 g/mol. The van der Waals surface area contributed by atoms with Crippen LogP contribution in [0.1, 0.15) is 303 Å². The van der Waals surface area contributed by atoms with Gasteiger partial charge in [0.05, 0.1) is 0 Å². The number of hydrogen-bond donors (Lipinski definition) is 0. The normalized spacial score (nSPS) is 13.0. The number of unbranched alkanes of at least 4 members (excludes halogenated alkanes) is 26. The fraction of sp³-hybridized carbons (Fsp3) is 0.649. The smallest absolute Gasteiger partial charge is 0.306 e. The maximum absolute atomic E-state index is 12.9. The molecule has 6 nitrogen and oxygen atoms in total. The van der Waals surface area contributed by atoms with E-state index in [-0.39, 0.29) is 37.5 Å². The Morgan fingerprint density at radius 2 is 0.470 bits per heavy atom. The van der Waals surface area contributed by atoms with Gasteiger partial charge in [-0.1, -0.05) is 289 Å². The molecule has 0 heterocycles. The second-order valence-corrected chi connectivity index (χ2v) is 22.3. The molecule has 470 valence electrons. The molecule has 0 aromatic rings. The maximum atomic E-state index is 12.9. The SMILES string of the molecule is CC/C=C\C/C=C\C/C=C\C/C=C\C/C=C\C/C=C\CCCCC(=O)OC(COC(=O)CCCCC/C=C\C/C=C\C/C=C\CC)COC(=O)CCCCCCCCCCCCCCCCCC/C=C\C/C=C\C/C=C\CCCCCCC. The van der Waals surface area contributed by atoms with Gasteiger partial charge >= 0.3 is 17.9 Å². The maximum Gasteiger partial charge on any atom is 0.306 e. The molecule has 0 fully saturated rings. The van der Waals surface area contributed by atoms with E-state index in [9.17, 15) is 14.4 Å². The third kappa shape index (κ3) is 68.0. The van der Waals surface area contributed by atoms with E-state index in [1.165, 1.54) is 128 Å². The van der Waals surface area contributed by atoms with Gasteiger partial charge in [0.1, 0.15) is 13.2 Å². The van der Waals surface area contributed by atoms with Crippen molar-refractivity contribution in [3.05, 3.63) is 146 Å². The lowest BCUT2D eigenvalue weighted by Gasteiger charge is -2.18. The molecule has 0 aromatic carbocycles. The molecular formula is C77H126O6. The highest BCUT2D eigenvalue weighted by atomic mass is 16.6. The van der Waals surface area contributed by atoms with Crippen LogP contribution >= 0.6 is 0 Å². The summed E-state index contributed by atoms with van der Waals surface area (Å²) in [7, 11) is 0. The second-order valence-electron chi connectivity index (χ2n) is 22.3. The molecule has 0 aromatic heterocycles. The van der Waals surface area contributed by atoms with E-state index < -0.39 is 6.10 Å². The van der Waals surface area contributed by atoms with Crippen LogP contribution in [0.2, 0.25) is 0 Å². The topological polar surface area (TPSA) is 78.9 Å². The minimum absolute atomic E-state index is 0.109. The van der Waals surface area contributed by atoms with Gasteiger partial charge in [-0.25, -0.2) is 0 Å². The van der Waals surface area contributed by atoms with Crippen LogP contribution in [0.4, 0.5) is 0 Å². The number of hydrogen-bond acceptors (Lipinski definition) is 6. The van der Waals surface area contributed by atoms with Crippen LogP contribution in [0.25, 0.3) is 0 Å². The van der Waals surface area contributed by atoms with E-state index >= 15 is 0 Å². The van der Waals surface area contributed by atoms with Crippen molar-refractivity contribution in [1.82, 2.24) is 0 Å². The highest BCUT2D eigenvalue weighted by Gasteiger charge is 2.19. The number of carbonyl (C=O) groups excluding carboxylic acids is 3. The van der Waals surface area contributed by atoms with E-state index in [0.717, 1.165) is 128 Å². The van der Waals surface area contributed by atoms with E-state index in [0.29, 0.717) is 19.3 Å². The van der Waals surface area contributed by atoms with Crippen LogP contribution in [0.3, 0.4) is 0 Å². The first kappa shape index (κ1) is 78.3. The molecule has 0 aliphatic heterocycles. The summed E-state index contributed by atoms with van der Waals surface area (Å²) >= 11 is 0. The van der Waals surface area contributed by atoms with E-state index in [1.807, 2.05) is 0 Å². The van der Waals surface area contributed by atoms with Gasteiger partial charge in [0.2, 0.25) is 0 Å². The summed E-state index contributed by atoms with van der Waals surface area (Å²) in [6.45, 7) is 6.35. The van der Waals surface area contributed by atoms with Gasteiger partial charge in [-0.2, -0.15) is 0 Å². The number of allylic oxidation sites excluding steroid dienone is 24. The Labute approximate surface area is 512 Å². The zero-order valence-corrected chi connectivity index (χ0v) is 53.9. The van der Waals surface area contributed by atoms with E-state index in [2.05, 4.69) is 167 Å². The van der Waals surface area contributed by atoms with Crippen LogP contribution in [-0.4, -0.2) is 37.2 Å². The van der Waals surface area contributed by atoms with Gasteiger partial charge in [0, 0.05) is 19.3 Å². The average Bonchev–Trinajstić information content (AvgIpc) is 3.49. The van der Waals surface area contributed by atoms with Crippen molar-refractivity contribution in [2.45, 2.75) is 309 Å². The summed E-state index contributed by atoms with van der Waals surface area (Å²) in [5.74, 6) is -0.981. The second kappa shape index (κ2) is 69.8. The van der Waals surface area contributed by atoms with Crippen molar-refractivity contribution in [3.63, 3.8) is 0 Å². The Hall–Kier alpha value is -4.71. The number of ether oxygens (including phenoxy) is 3. The Bertz CT molecular complexity index is 1800. The molecule has 1 atom stereocenters. The Morgan fingerprint density at radius 3 is 0.771 bits per heavy atom. The molecule has 83 heavy (non-hydrogen) atoms. The Morgan fingerprint density at radius 1 is 0.253 bits per heavy atom. The van der Waals surface area contributed by atoms with Gasteiger partial charge in [0.15, 0.2) is 6.10 Å². The molecule has 0 N–H and O–H groups in total. The molecule has 0 aliphatic carbocycles. The zero-order valence-electron chi connectivity index (χ0n) is 53.9. The third-order valence-electron chi connectivity index (χ3n) is 14.3. The van der Waals surface area contributed by atoms with Gasteiger partial charge in [-0.15, -0.1) is 0 Å². The largest absolute Gasteiger partial charge is 0.462 e. The average molecular weight is 1150 g/mol. The first-order valence-electron chi connectivity index (χ1n) is 34.3.